The topological polar surface area (TPSA) is 141 Å². The number of furan rings is 1. The molecule has 0 spiro atoms. The van der Waals surface area contributed by atoms with E-state index in [2.05, 4.69) is 237 Å². The monoisotopic (exact) mass is 1310 g/mol. The minimum atomic E-state index is 0.456. The molecule has 103 heavy (non-hydrogen) atoms. The Labute approximate surface area is 588 Å². The number of hydrogen-bond acceptors (Lipinski definition) is 6. The number of nitriles is 4. The second-order valence-corrected chi connectivity index (χ2v) is 26.2. The molecule has 0 aliphatic carbocycles. The number of para-hydroxylation sites is 2. The molecule has 0 saturated heterocycles. The summed E-state index contributed by atoms with van der Waals surface area (Å²) in [5, 5.41) is 52.1. The summed E-state index contributed by atoms with van der Waals surface area (Å²) < 4.78 is 16.7. The highest BCUT2D eigenvalue weighted by atomic mass is 16.3. The van der Waals surface area contributed by atoms with E-state index in [0.29, 0.717) is 62.0 Å². The van der Waals surface area contributed by atoms with Gasteiger partial charge < -0.3 is 13.6 Å². The normalized spacial score (nSPS) is 11.7. The molecule has 0 saturated carbocycles. The van der Waals surface area contributed by atoms with Crippen molar-refractivity contribution in [3.63, 3.8) is 0 Å². The third-order valence-electron chi connectivity index (χ3n) is 20.7. The van der Waals surface area contributed by atoms with E-state index < -0.39 is 0 Å². The molecule has 20 rings (SSSR count). The second-order valence-electron chi connectivity index (χ2n) is 26.2. The van der Waals surface area contributed by atoms with Crippen molar-refractivity contribution in [2.45, 2.75) is 0 Å². The van der Waals surface area contributed by atoms with Crippen molar-refractivity contribution < 1.29 is 4.42 Å². The van der Waals surface area contributed by atoms with Gasteiger partial charge in [-0.15, -0.1) is 0 Å². The van der Waals surface area contributed by atoms with Crippen LogP contribution in [0.1, 0.15) is 22.3 Å². The first-order valence-electron chi connectivity index (χ1n) is 34.1. The molecule has 10 nitrogen and oxygen atoms in total. The Hall–Kier alpha value is -14.8. The lowest BCUT2D eigenvalue weighted by molar-refractivity contribution is 0.670. The molecule has 0 amide bonds. The summed E-state index contributed by atoms with van der Waals surface area (Å²) in [6, 6.07) is 116. The molecule has 6 heterocycles. The maximum absolute atomic E-state index is 10.8. The van der Waals surface area contributed by atoms with Crippen molar-refractivity contribution in [1.29, 1.82) is 21.0 Å². The first-order valence-corrected chi connectivity index (χ1v) is 34.1. The molecule has 14 aromatic carbocycles. The second kappa shape index (κ2) is 22.9. The largest absolute Gasteiger partial charge is 0.455 e. The molecule has 0 N–H and O–H groups in total. The Morgan fingerprint density at radius 2 is 0.534 bits per heavy atom. The van der Waals surface area contributed by atoms with Gasteiger partial charge in [0, 0.05) is 65.0 Å². The molecule has 20 aromatic rings. The summed E-state index contributed by atoms with van der Waals surface area (Å²) in [4.78, 5) is 6.61. The van der Waals surface area contributed by atoms with Crippen LogP contribution in [-0.2, 0) is 0 Å². The number of fused-ring (bicyclic) bond motifs is 15. The number of rotatable bonds is 9. The number of pyridine rings is 1. The molecular weight excluding hydrogens is 1260 g/mol. The first kappa shape index (κ1) is 58.4. The van der Waals surface area contributed by atoms with E-state index in [1.807, 2.05) is 115 Å². The van der Waals surface area contributed by atoms with Crippen molar-refractivity contribution in [3.05, 3.63) is 332 Å². The molecule has 0 atom stereocenters. The third kappa shape index (κ3) is 8.93. The fourth-order valence-corrected chi connectivity index (χ4v) is 16.0. The fourth-order valence-electron chi connectivity index (χ4n) is 16.0. The Kier molecular flexibility index (Phi) is 13.0. The van der Waals surface area contributed by atoms with E-state index in [1.165, 1.54) is 0 Å². The molecule has 10 heteroatoms. The predicted octanol–water partition coefficient (Wildman–Crippen LogP) is 23.2. The molecule has 0 radical (unpaired) electrons. The zero-order valence-electron chi connectivity index (χ0n) is 54.9. The van der Waals surface area contributed by atoms with Crippen LogP contribution in [0.5, 0.6) is 0 Å². The van der Waals surface area contributed by atoms with Crippen molar-refractivity contribution in [2.24, 2.45) is 0 Å². The van der Waals surface area contributed by atoms with Crippen LogP contribution in [-0.4, -0.2) is 23.3 Å². The van der Waals surface area contributed by atoms with Gasteiger partial charge in [-0.2, -0.15) is 21.0 Å². The van der Waals surface area contributed by atoms with Crippen molar-refractivity contribution in [1.82, 2.24) is 23.3 Å². The summed E-state index contributed by atoms with van der Waals surface area (Å²) in [5.74, 6) is 1.09. The van der Waals surface area contributed by atoms with E-state index in [9.17, 15) is 21.0 Å². The predicted molar refractivity (Wildman–Crippen MR) is 415 cm³/mol. The number of aromatic nitrogens is 5. The first-order chi connectivity index (χ1) is 50.9. The quantitative estimate of drug-likeness (QED) is 0.141. The van der Waals surface area contributed by atoms with E-state index >= 15 is 0 Å². The number of benzene rings is 14. The van der Waals surface area contributed by atoms with Gasteiger partial charge in [-0.05, 0) is 172 Å². The summed E-state index contributed by atoms with van der Waals surface area (Å²) in [6.07, 6.45) is 0. The molecule has 0 fully saturated rings. The van der Waals surface area contributed by atoms with Gasteiger partial charge in [-0.1, -0.05) is 182 Å². The summed E-state index contributed by atoms with van der Waals surface area (Å²) >= 11 is 0. The van der Waals surface area contributed by atoms with Crippen LogP contribution in [0.15, 0.2) is 314 Å². The average Bonchev–Trinajstić information content (AvgIpc) is 1.55. The molecule has 0 unspecified atom stereocenters. The number of nitrogens with zero attached hydrogens (tertiary/aromatic N) is 9. The Bertz CT molecular complexity index is 6500. The van der Waals surface area contributed by atoms with E-state index in [-0.39, 0.29) is 0 Å². The van der Waals surface area contributed by atoms with Gasteiger partial charge in [-0.25, -0.2) is 4.98 Å². The third-order valence-corrected chi connectivity index (χ3v) is 20.7. The molecule has 0 bridgehead atoms. The van der Waals surface area contributed by atoms with Gasteiger partial charge in [-0.3, -0.25) is 9.13 Å². The maximum atomic E-state index is 10.8. The zero-order valence-corrected chi connectivity index (χ0v) is 54.9. The van der Waals surface area contributed by atoms with Crippen LogP contribution in [0.25, 0.3) is 188 Å². The van der Waals surface area contributed by atoms with Crippen LogP contribution < -0.4 is 0 Å². The Morgan fingerprint density at radius 3 is 0.874 bits per heavy atom. The Balaban J connectivity index is 1.08. The van der Waals surface area contributed by atoms with Gasteiger partial charge in [0.25, 0.3) is 0 Å². The summed E-state index contributed by atoms with van der Waals surface area (Å²) in [6.45, 7) is 0. The molecule has 6 aromatic heterocycles. The minimum Gasteiger partial charge on any atom is -0.455 e. The summed E-state index contributed by atoms with van der Waals surface area (Å²) in [7, 11) is 0. The van der Waals surface area contributed by atoms with Gasteiger partial charge >= 0.3 is 0 Å². The lowest BCUT2D eigenvalue weighted by Crippen LogP contribution is -2.16. The van der Waals surface area contributed by atoms with Crippen LogP contribution in [0.2, 0.25) is 0 Å². The lowest BCUT2D eigenvalue weighted by atomic mass is 9.97. The van der Waals surface area contributed by atoms with Crippen molar-refractivity contribution >= 4 is 109 Å². The minimum absolute atomic E-state index is 0.456. The van der Waals surface area contributed by atoms with Gasteiger partial charge in [0.15, 0.2) is 11.6 Å². The molecule has 0 aliphatic rings. The zero-order chi connectivity index (χ0) is 68.6. The lowest BCUT2D eigenvalue weighted by Gasteiger charge is -2.27. The smallest absolute Gasteiger partial charge is 0.165 e. The van der Waals surface area contributed by atoms with Gasteiger partial charge in [0.1, 0.15) is 22.5 Å². The average molecular weight is 1310 g/mol. The molecular formula is C93H51N9O. The number of hydrogen-bond donors (Lipinski definition) is 0. The highest BCUT2D eigenvalue weighted by Crippen LogP contribution is 2.52. The maximum Gasteiger partial charge on any atom is 0.165 e. The summed E-state index contributed by atoms with van der Waals surface area (Å²) in [5.41, 5.74) is 20.9. The van der Waals surface area contributed by atoms with E-state index in [1.54, 1.807) is 0 Å². The van der Waals surface area contributed by atoms with Crippen molar-refractivity contribution in [2.75, 3.05) is 0 Å². The standard InChI is InChI=1S/C93H51N9O/c94-52-56-28-36-79-71(44-56)72-45-57(53-95)29-37-80(72)99(79)89-88(70-26-15-25-69-68-24-13-14-27-87(68)103-91(69)70)90(100-81-38-30-58(54-96)46-73(81)74-47-59(55-97)31-39-82(74)100)93(102-85-42-34-66(62-20-9-3-10-21-62)50-77(85)78-51-67(35-43-86(78)102)63-22-11-4-12-23-63)98-92(89)101-83-40-32-64(60-16-5-1-6-17-60)48-75(83)76-49-65(33-41-84(76)101)61-18-7-2-8-19-61/h1-51H. The van der Waals surface area contributed by atoms with Crippen LogP contribution >= 0.6 is 0 Å². The van der Waals surface area contributed by atoms with E-state index in [4.69, 9.17) is 9.40 Å². The Morgan fingerprint density at radius 1 is 0.243 bits per heavy atom. The van der Waals surface area contributed by atoms with Crippen LogP contribution in [0.3, 0.4) is 0 Å². The highest BCUT2D eigenvalue weighted by molar-refractivity contribution is 6.19. The molecule has 474 valence electrons. The van der Waals surface area contributed by atoms with Gasteiger partial charge in [0.05, 0.1) is 90.7 Å². The van der Waals surface area contributed by atoms with Crippen LogP contribution in [0, 0.1) is 45.3 Å². The van der Waals surface area contributed by atoms with E-state index in [0.717, 1.165) is 148 Å². The highest BCUT2D eigenvalue weighted by Gasteiger charge is 2.35. The van der Waals surface area contributed by atoms with Crippen molar-refractivity contribution in [3.8, 4) is 103 Å². The van der Waals surface area contributed by atoms with Gasteiger partial charge in [0.2, 0.25) is 0 Å². The molecule has 0 aliphatic heterocycles. The SMILES string of the molecule is N#Cc1ccc2c(c1)c1cc(C#N)ccc1n2-c1c(-n2c3ccc(-c4ccccc4)cc3c3cc(-c4ccccc4)ccc32)nc(-n2c3ccc(-c4ccccc4)cc3c3cc(-c4ccccc4)ccc32)c(-n2c3ccc(C#N)cc3c3cc(C#N)ccc32)c1-c1cccc2c1oc1ccccc12. The fraction of sp³-hybridized carbons (Fsp3) is 0. The van der Waals surface area contributed by atoms with Crippen LogP contribution in [0.4, 0.5) is 0 Å².